The molecule has 0 N–H and O–H groups in total. The summed E-state index contributed by atoms with van der Waals surface area (Å²) in [5.41, 5.74) is 2.84. The van der Waals surface area contributed by atoms with Gasteiger partial charge in [-0.05, 0) is 71.8 Å². The van der Waals surface area contributed by atoms with E-state index in [0.29, 0.717) is 11.1 Å². The highest BCUT2D eigenvalue weighted by Gasteiger charge is 2.23. The second-order valence-electron chi connectivity index (χ2n) is 10.1. The third-order valence-electron chi connectivity index (χ3n) is 7.55. The molecule has 1 heterocycles. The lowest BCUT2D eigenvalue weighted by molar-refractivity contribution is 0.594. The van der Waals surface area contributed by atoms with Gasteiger partial charge in [-0.1, -0.05) is 84.9 Å². The zero-order chi connectivity index (χ0) is 29.6. The van der Waals surface area contributed by atoms with Crippen LogP contribution in [0.15, 0.2) is 165 Å². The highest BCUT2D eigenvalue weighted by molar-refractivity contribution is 7.92. The van der Waals surface area contributed by atoms with Crippen LogP contribution in [0.5, 0.6) is 0 Å². The Bertz CT molecular complexity index is 2190. The van der Waals surface area contributed by atoms with Crippen molar-refractivity contribution in [2.75, 3.05) is 0 Å². The number of hydrogen-bond donors (Lipinski definition) is 0. The van der Waals surface area contributed by atoms with E-state index in [1.807, 2.05) is 60.7 Å². The first-order chi connectivity index (χ1) is 20.8. The van der Waals surface area contributed by atoms with Crippen LogP contribution >= 0.6 is 11.3 Å². The van der Waals surface area contributed by atoms with Crippen molar-refractivity contribution in [2.24, 2.45) is 0 Å². The van der Waals surface area contributed by atoms with E-state index in [2.05, 4.69) is 0 Å². The fourth-order valence-electron chi connectivity index (χ4n) is 5.44. The molecule has 0 bridgehead atoms. The van der Waals surface area contributed by atoms with Crippen LogP contribution in [0.2, 0.25) is 0 Å². The Balaban J connectivity index is 1.38. The fourth-order valence-corrected chi connectivity index (χ4v) is 9.52. The molecule has 0 unspecified atom stereocenters. The molecule has 0 saturated heterocycles. The molecule has 0 aliphatic carbocycles. The highest BCUT2D eigenvalue weighted by atomic mass is 32.2. The summed E-state index contributed by atoms with van der Waals surface area (Å²) < 4.78 is 56.6. The van der Waals surface area contributed by atoms with E-state index in [4.69, 9.17) is 0 Å². The van der Waals surface area contributed by atoms with Crippen LogP contribution in [0, 0.1) is 0 Å². The summed E-state index contributed by atoms with van der Waals surface area (Å²) >= 11 is 1.65. The molecular formula is C36H24O4S3. The van der Waals surface area contributed by atoms with Gasteiger partial charge < -0.3 is 0 Å². The first kappa shape index (κ1) is 27.3. The molecule has 0 atom stereocenters. The Morgan fingerprint density at radius 2 is 0.767 bits per heavy atom. The van der Waals surface area contributed by atoms with Crippen molar-refractivity contribution in [3.63, 3.8) is 0 Å². The van der Waals surface area contributed by atoms with E-state index >= 15 is 0 Å². The van der Waals surface area contributed by atoms with E-state index in [1.165, 1.54) is 0 Å². The largest absolute Gasteiger partial charge is 0.218 e. The Morgan fingerprint density at radius 3 is 1.19 bits per heavy atom. The predicted molar refractivity (Wildman–Crippen MR) is 174 cm³/mol. The molecule has 0 aliphatic heterocycles. The fraction of sp³-hybridized carbons (Fsp3) is 0. The molecule has 7 aromatic rings. The highest BCUT2D eigenvalue weighted by Crippen LogP contribution is 2.41. The smallest absolute Gasteiger partial charge is 0.207 e. The van der Waals surface area contributed by atoms with Crippen molar-refractivity contribution in [3.05, 3.63) is 146 Å². The van der Waals surface area contributed by atoms with Gasteiger partial charge in [0.15, 0.2) is 0 Å². The van der Waals surface area contributed by atoms with Gasteiger partial charge in [-0.2, -0.15) is 0 Å². The van der Waals surface area contributed by atoms with Gasteiger partial charge in [-0.25, -0.2) is 16.8 Å². The van der Waals surface area contributed by atoms with E-state index in [1.54, 1.807) is 96.3 Å². The average molecular weight is 617 g/mol. The normalized spacial score (nSPS) is 12.1. The number of benzene rings is 6. The minimum atomic E-state index is -3.74. The van der Waals surface area contributed by atoms with E-state index in [9.17, 15) is 16.8 Å². The van der Waals surface area contributed by atoms with Gasteiger partial charge in [0, 0.05) is 31.3 Å². The number of rotatable bonds is 6. The molecule has 0 fully saturated rings. The van der Waals surface area contributed by atoms with Crippen LogP contribution in [-0.2, 0) is 19.7 Å². The number of hydrogen-bond acceptors (Lipinski definition) is 5. The molecule has 7 heteroatoms. The molecule has 6 aromatic carbocycles. The van der Waals surface area contributed by atoms with Crippen molar-refractivity contribution >= 4 is 51.2 Å². The summed E-state index contributed by atoms with van der Waals surface area (Å²) in [7, 11) is -7.48. The number of fused-ring (bicyclic) bond motifs is 3. The van der Waals surface area contributed by atoms with Crippen molar-refractivity contribution in [2.45, 2.75) is 19.6 Å². The van der Waals surface area contributed by atoms with E-state index in [-0.39, 0.29) is 19.6 Å². The minimum Gasteiger partial charge on any atom is -0.218 e. The quantitative estimate of drug-likeness (QED) is 0.187. The SMILES string of the molecule is O=S(=O)(c1ccccc1)c1ccccc1-c1ccc2sc3ccc(-c4ccccc4S(=O)(=O)c4ccccc4)cc3c2c1. The van der Waals surface area contributed by atoms with Crippen LogP contribution in [-0.4, -0.2) is 16.8 Å². The first-order valence-corrected chi connectivity index (χ1v) is 17.4. The van der Waals surface area contributed by atoms with Gasteiger partial charge in [0.05, 0.1) is 19.6 Å². The Labute approximate surface area is 254 Å². The molecule has 0 aliphatic rings. The number of sulfone groups is 2. The van der Waals surface area contributed by atoms with Crippen LogP contribution < -0.4 is 0 Å². The standard InChI is InChI=1S/C36H24O4S3/c37-42(38,27-11-3-1-4-12-27)35-17-9-7-15-29(35)25-19-21-33-31(23-25)32-24-26(20-22-34(32)41-33)30-16-8-10-18-36(30)43(39,40)28-13-5-2-6-14-28/h1-24H. The molecule has 0 spiro atoms. The molecule has 0 radical (unpaired) electrons. The first-order valence-electron chi connectivity index (χ1n) is 13.6. The zero-order valence-electron chi connectivity index (χ0n) is 22.7. The summed E-state index contributed by atoms with van der Waals surface area (Å²) in [4.78, 5) is 0.998. The number of thiophene rings is 1. The lowest BCUT2D eigenvalue weighted by Gasteiger charge is -2.12. The topological polar surface area (TPSA) is 68.3 Å². The molecule has 0 saturated carbocycles. The van der Waals surface area contributed by atoms with Crippen molar-refractivity contribution in [1.82, 2.24) is 0 Å². The third-order valence-corrected chi connectivity index (χ3v) is 12.4. The van der Waals surface area contributed by atoms with Gasteiger partial charge >= 0.3 is 0 Å². The lowest BCUT2D eigenvalue weighted by atomic mass is 10.00. The van der Waals surface area contributed by atoms with Crippen molar-refractivity contribution < 1.29 is 16.8 Å². The van der Waals surface area contributed by atoms with Crippen LogP contribution in [0.3, 0.4) is 0 Å². The van der Waals surface area contributed by atoms with Crippen molar-refractivity contribution in [1.29, 1.82) is 0 Å². The zero-order valence-corrected chi connectivity index (χ0v) is 25.2. The summed E-state index contributed by atoms with van der Waals surface area (Å²) in [6.45, 7) is 0. The van der Waals surface area contributed by atoms with Crippen LogP contribution in [0.25, 0.3) is 42.4 Å². The predicted octanol–water partition coefficient (Wildman–Crippen LogP) is 9.05. The maximum atomic E-state index is 13.6. The monoisotopic (exact) mass is 616 g/mol. The molecular weight excluding hydrogens is 593 g/mol. The van der Waals surface area contributed by atoms with Gasteiger partial charge in [0.1, 0.15) is 0 Å². The van der Waals surface area contributed by atoms with Crippen molar-refractivity contribution in [3.8, 4) is 22.3 Å². The summed E-state index contributed by atoms with van der Waals surface area (Å²) in [6, 6.07) is 43.1. The van der Waals surface area contributed by atoms with Gasteiger partial charge in [0.2, 0.25) is 19.7 Å². The average Bonchev–Trinajstić information content (AvgIpc) is 3.43. The Hall–Kier alpha value is -4.56. The second-order valence-corrected chi connectivity index (χ2v) is 15.1. The maximum absolute atomic E-state index is 13.6. The molecule has 4 nitrogen and oxygen atoms in total. The lowest BCUT2D eigenvalue weighted by Crippen LogP contribution is -2.03. The summed E-state index contributed by atoms with van der Waals surface area (Å²) in [6.07, 6.45) is 0. The second kappa shape index (κ2) is 10.6. The summed E-state index contributed by atoms with van der Waals surface area (Å²) in [5.74, 6) is 0. The van der Waals surface area contributed by atoms with E-state index in [0.717, 1.165) is 31.3 Å². The van der Waals surface area contributed by atoms with Crippen LogP contribution in [0.4, 0.5) is 0 Å². The molecule has 7 rings (SSSR count). The van der Waals surface area contributed by atoms with E-state index < -0.39 is 19.7 Å². The summed E-state index contributed by atoms with van der Waals surface area (Å²) in [5, 5.41) is 1.96. The van der Waals surface area contributed by atoms with Gasteiger partial charge in [-0.3, -0.25) is 0 Å². The molecule has 0 amide bonds. The molecule has 43 heavy (non-hydrogen) atoms. The Morgan fingerprint density at radius 1 is 0.395 bits per heavy atom. The van der Waals surface area contributed by atoms with Gasteiger partial charge in [0.25, 0.3) is 0 Å². The third kappa shape index (κ3) is 4.76. The minimum absolute atomic E-state index is 0.248. The maximum Gasteiger partial charge on any atom is 0.207 e. The molecule has 210 valence electrons. The van der Waals surface area contributed by atoms with Gasteiger partial charge in [-0.15, -0.1) is 11.3 Å². The molecule has 1 aromatic heterocycles. The van der Waals surface area contributed by atoms with Crippen LogP contribution in [0.1, 0.15) is 0 Å². The Kier molecular flexibility index (Phi) is 6.73.